The van der Waals surface area contributed by atoms with Crippen LogP contribution in [0.4, 0.5) is 25.1 Å². The van der Waals surface area contributed by atoms with Crippen LogP contribution in [0, 0.1) is 11.6 Å². The number of hydrogen-bond donors (Lipinski definition) is 1. The van der Waals surface area contributed by atoms with Crippen LogP contribution < -0.4 is 10.2 Å². The van der Waals surface area contributed by atoms with Crippen LogP contribution in [0.15, 0.2) is 60.8 Å². The summed E-state index contributed by atoms with van der Waals surface area (Å²) in [4.78, 5) is 21.3. The van der Waals surface area contributed by atoms with Gasteiger partial charge in [0.25, 0.3) is 0 Å². The number of aromatic nitrogens is 2. The molecular formula is C23H21F2N5O. The Kier molecular flexibility index (Phi) is 4.89. The highest BCUT2D eigenvalue weighted by Crippen LogP contribution is 2.27. The minimum Gasteiger partial charge on any atom is -0.353 e. The molecule has 0 spiro atoms. The lowest BCUT2D eigenvalue weighted by molar-refractivity contribution is 0.215. The third-order valence-corrected chi connectivity index (χ3v) is 5.56. The Hall–Kier alpha value is -3.68. The van der Waals surface area contributed by atoms with Crippen molar-refractivity contribution in [3.05, 3.63) is 72.4 Å². The Bertz CT molecular complexity index is 1270. The monoisotopic (exact) mass is 421 g/mol. The maximum atomic E-state index is 13.8. The Balaban J connectivity index is 1.38. The number of carbonyl (C=O) groups is 1. The molecule has 1 aliphatic rings. The van der Waals surface area contributed by atoms with Gasteiger partial charge in [-0.25, -0.2) is 18.6 Å². The molecule has 6 nitrogen and oxygen atoms in total. The van der Waals surface area contributed by atoms with Crippen LogP contribution in [0.1, 0.15) is 6.42 Å². The second-order valence-corrected chi connectivity index (χ2v) is 7.60. The first kappa shape index (κ1) is 19.3. The molecule has 2 amide bonds. The Morgan fingerprint density at radius 2 is 1.77 bits per heavy atom. The van der Waals surface area contributed by atoms with Crippen molar-refractivity contribution >= 4 is 34.1 Å². The Labute approximate surface area is 177 Å². The van der Waals surface area contributed by atoms with E-state index in [1.165, 1.54) is 24.3 Å². The zero-order valence-corrected chi connectivity index (χ0v) is 16.8. The summed E-state index contributed by atoms with van der Waals surface area (Å²) in [6.07, 6.45) is 2.70. The van der Waals surface area contributed by atoms with Crippen LogP contribution in [0.3, 0.4) is 0 Å². The molecule has 158 valence electrons. The molecule has 1 fully saturated rings. The average Bonchev–Trinajstić information content (AvgIpc) is 3.11. The molecule has 1 saturated heterocycles. The van der Waals surface area contributed by atoms with Gasteiger partial charge >= 0.3 is 6.03 Å². The van der Waals surface area contributed by atoms with Gasteiger partial charge in [-0.15, -0.1) is 0 Å². The van der Waals surface area contributed by atoms with E-state index in [4.69, 9.17) is 4.98 Å². The molecule has 0 atom stereocenters. The number of anilines is 2. The lowest BCUT2D eigenvalue weighted by atomic mass is 10.2. The van der Waals surface area contributed by atoms with Crippen LogP contribution >= 0.6 is 0 Å². The quantitative estimate of drug-likeness (QED) is 0.518. The number of hydrogen-bond acceptors (Lipinski definition) is 3. The normalized spacial score (nSPS) is 14.8. The molecule has 0 unspecified atom stereocenters. The molecule has 0 saturated carbocycles. The highest BCUT2D eigenvalue weighted by atomic mass is 19.1. The molecule has 31 heavy (non-hydrogen) atoms. The average molecular weight is 421 g/mol. The van der Waals surface area contributed by atoms with E-state index in [0.717, 1.165) is 29.8 Å². The van der Waals surface area contributed by atoms with Gasteiger partial charge in [-0.1, -0.05) is 6.07 Å². The van der Waals surface area contributed by atoms with Gasteiger partial charge in [-0.3, -0.25) is 0 Å². The molecule has 0 radical (unpaired) electrons. The number of nitrogens with zero attached hydrogens (tertiary/aromatic N) is 4. The largest absolute Gasteiger partial charge is 0.353 e. The first-order chi connectivity index (χ1) is 15.1. The van der Waals surface area contributed by atoms with E-state index in [0.29, 0.717) is 30.8 Å². The van der Waals surface area contributed by atoms with Gasteiger partial charge in [-0.05, 0) is 48.9 Å². The van der Waals surface area contributed by atoms with Crippen molar-refractivity contribution in [1.29, 1.82) is 0 Å². The SMILES string of the molecule is O=C(Nc1cccc(F)c1)N1CCCN(c2nc3cc(F)ccc3n3cccc23)CC1. The van der Waals surface area contributed by atoms with Crippen molar-refractivity contribution in [3.8, 4) is 0 Å². The zero-order valence-electron chi connectivity index (χ0n) is 16.8. The Morgan fingerprint density at radius 1 is 0.903 bits per heavy atom. The molecule has 0 aliphatic carbocycles. The molecular weight excluding hydrogens is 400 g/mol. The zero-order chi connectivity index (χ0) is 21.4. The molecule has 5 rings (SSSR count). The van der Waals surface area contributed by atoms with Gasteiger partial charge in [0.2, 0.25) is 0 Å². The van der Waals surface area contributed by atoms with Crippen molar-refractivity contribution in [2.24, 2.45) is 0 Å². The van der Waals surface area contributed by atoms with E-state index in [1.54, 1.807) is 23.1 Å². The first-order valence-corrected chi connectivity index (χ1v) is 10.2. The summed E-state index contributed by atoms with van der Waals surface area (Å²) in [6.45, 7) is 2.39. The number of rotatable bonds is 2. The van der Waals surface area contributed by atoms with Gasteiger partial charge in [0.15, 0.2) is 5.82 Å². The summed E-state index contributed by atoms with van der Waals surface area (Å²) in [7, 11) is 0. The fraction of sp³-hybridized carbons (Fsp3) is 0.217. The van der Waals surface area contributed by atoms with Crippen LogP contribution in [0.5, 0.6) is 0 Å². The van der Waals surface area contributed by atoms with Crippen LogP contribution in [0.25, 0.3) is 16.6 Å². The number of carbonyl (C=O) groups excluding carboxylic acids is 1. The number of halogens is 2. The second kappa shape index (κ2) is 7.86. The van der Waals surface area contributed by atoms with Crippen molar-refractivity contribution in [1.82, 2.24) is 14.3 Å². The van der Waals surface area contributed by atoms with Crippen molar-refractivity contribution in [2.75, 3.05) is 36.4 Å². The van der Waals surface area contributed by atoms with E-state index < -0.39 is 5.82 Å². The fourth-order valence-electron chi connectivity index (χ4n) is 4.07. The molecule has 8 heteroatoms. The second-order valence-electron chi connectivity index (χ2n) is 7.60. The lowest BCUT2D eigenvalue weighted by Gasteiger charge is -2.24. The summed E-state index contributed by atoms with van der Waals surface area (Å²) >= 11 is 0. The predicted molar refractivity (Wildman–Crippen MR) is 116 cm³/mol. The molecule has 1 N–H and O–H groups in total. The van der Waals surface area contributed by atoms with Gasteiger partial charge < -0.3 is 19.5 Å². The van der Waals surface area contributed by atoms with E-state index in [1.807, 2.05) is 22.7 Å². The van der Waals surface area contributed by atoms with Gasteiger partial charge in [0.05, 0.1) is 16.6 Å². The summed E-state index contributed by atoms with van der Waals surface area (Å²) in [5.41, 5.74) is 2.80. The standard InChI is InChI=1S/C23H21F2N5O/c24-16-4-1-5-18(14-16)26-23(31)29-10-3-9-28(12-13-29)22-21-6-2-11-30(21)20-8-7-17(25)15-19(20)27-22/h1-2,4-8,11,14-15H,3,9-10,12-13H2,(H,26,31). The van der Waals surface area contributed by atoms with E-state index >= 15 is 0 Å². The summed E-state index contributed by atoms with van der Waals surface area (Å²) in [5.74, 6) is 0.0545. The maximum absolute atomic E-state index is 13.8. The number of nitrogens with one attached hydrogen (secondary N) is 1. The first-order valence-electron chi connectivity index (χ1n) is 10.2. The summed E-state index contributed by atoms with van der Waals surface area (Å²) in [6, 6.07) is 14.1. The van der Waals surface area contributed by atoms with Crippen molar-refractivity contribution in [3.63, 3.8) is 0 Å². The minimum atomic E-state index is -0.394. The maximum Gasteiger partial charge on any atom is 0.321 e. The van der Waals surface area contributed by atoms with Gasteiger partial charge in [0.1, 0.15) is 11.6 Å². The highest BCUT2D eigenvalue weighted by molar-refractivity contribution is 5.89. The van der Waals surface area contributed by atoms with E-state index in [-0.39, 0.29) is 11.8 Å². The number of fused-ring (bicyclic) bond motifs is 3. The van der Waals surface area contributed by atoms with Crippen LogP contribution in [-0.4, -0.2) is 46.5 Å². The molecule has 2 aromatic heterocycles. The van der Waals surface area contributed by atoms with Crippen molar-refractivity contribution in [2.45, 2.75) is 6.42 Å². The third kappa shape index (κ3) is 3.76. The molecule has 0 bridgehead atoms. The topological polar surface area (TPSA) is 52.9 Å². The lowest BCUT2D eigenvalue weighted by Crippen LogP contribution is -2.38. The molecule has 3 heterocycles. The van der Waals surface area contributed by atoms with Gasteiger partial charge in [0, 0.05) is 44.1 Å². The highest BCUT2D eigenvalue weighted by Gasteiger charge is 2.22. The Morgan fingerprint density at radius 3 is 2.65 bits per heavy atom. The number of benzene rings is 2. The smallest absolute Gasteiger partial charge is 0.321 e. The van der Waals surface area contributed by atoms with E-state index in [2.05, 4.69) is 10.2 Å². The van der Waals surface area contributed by atoms with Gasteiger partial charge in [-0.2, -0.15) is 0 Å². The van der Waals surface area contributed by atoms with Crippen LogP contribution in [-0.2, 0) is 0 Å². The summed E-state index contributed by atoms with van der Waals surface area (Å²) in [5, 5.41) is 2.76. The van der Waals surface area contributed by atoms with Crippen molar-refractivity contribution < 1.29 is 13.6 Å². The fourth-order valence-corrected chi connectivity index (χ4v) is 4.07. The third-order valence-electron chi connectivity index (χ3n) is 5.56. The molecule has 4 aromatic rings. The minimum absolute atomic E-state index is 0.256. The molecule has 2 aromatic carbocycles. The van der Waals surface area contributed by atoms with E-state index in [9.17, 15) is 13.6 Å². The summed E-state index contributed by atoms with van der Waals surface area (Å²) < 4.78 is 29.2. The molecule has 1 aliphatic heterocycles. The van der Waals surface area contributed by atoms with Crippen LogP contribution in [0.2, 0.25) is 0 Å². The predicted octanol–water partition coefficient (Wildman–Crippen LogP) is 4.51. The number of amides is 2. The number of urea groups is 1.